The van der Waals surface area contributed by atoms with Crippen LogP contribution in [0.5, 0.6) is 5.75 Å². The molecule has 4 heteroatoms. The standard InChI is InChI=1S/C27H30N2O2/c1-3-9-22(10-4-1)27(23-11-5-2-6-12-23)30-25-15-17-28(18-16-25)19-20-29-21-24-13-7-8-14-26(24)31-29/h1-14,25,27H,15-21H2. The summed E-state index contributed by atoms with van der Waals surface area (Å²) in [5, 5.41) is 2.08. The third-order valence-electron chi connectivity index (χ3n) is 6.28. The van der Waals surface area contributed by atoms with Gasteiger partial charge in [-0.25, -0.2) is 0 Å². The summed E-state index contributed by atoms with van der Waals surface area (Å²) < 4.78 is 6.67. The number of hydrogen-bond donors (Lipinski definition) is 0. The lowest BCUT2D eigenvalue weighted by molar-refractivity contribution is -0.0581. The molecule has 2 heterocycles. The van der Waals surface area contributed by atoms with Crippen molar-refractivity contribution >= 4 is 0 Å². The predicted molar refractivity (Wildman–Crippen MR) is 123 cm³/mol. The number of benzene rings is 3. The summed E-state index contributed by atoms with van der Waals surface area (Å²) in [6.45, 7) is 4.98. The Morgan fingerprint density at radius 1 is 0.774 bits per heavy atom. The molecule has 0 aromatic heterocycles. The SMILES string of the molecule is c1ccc(C(OC2CCN(CCN3Cc4ccccc4O3)CC2)c2ccccc2)cc1. The number of rotatable bonds is 7. The van der Waals surface area contributed by atoms with Crippen LogP contribution < -0.4 is 4.84 Å². The molecule has 160 valence electrons. The zero-order chi connectivity index (χ0) is 20.9. The minimum absolute atomic E-state index is 0.00421. The zero-order valence-electron chi connectivity index (χ0n) is 17.9. The van der Waals surface area contributed by atoms with Crippen LogP contribution in [-0.2, 0) is 11.3 Å². The monoisotopic (exact) mass is 414 g/mol. The summed E-state index contributed by atoms with van der Waals surface area (Å²) >= 11 is 0. The van der Waals surface area contributed by atoms with Crippen LogP contribution in [0, 0.1) is 0 Å². The average Bonchev–Trinajstić information content (AvgIpc) is 3.26. The number of ether oxygens (including phenoxy) is 1. The maximum Gasteiger partial charge on any atom is 0.152 e. The zero-order valence-corrected chi connectivity index (χ0v) is 17.9. The molecular formula is C27H30N2O2. The van der Waals surface area contributed by atoms with Crippen molar-refractivity contribution in [2.75, 3.05) is 26.2 Å². The van der Waals surface area contributed by atoms with Gasteiger partial charge in [-0.3, -0.25) is 0 Å². The van der Waals surface area contributed by atoms with Crippen LogP contribution in [0.1, 0.15) is 35.6 Å². The Labute approximate surface area is 185 Å². The van der Waals surface area contributed by atoms with Gasteiger partial charge in [-0.2, -0.15) is 0 Å². The van der Waals surface area contributed by atoms with Gasteiger partial charge in [0.25, 0.3) is 0 Å². The predicted octanol–water partition coefficient (Wildman–Crippen LogP) is 5.07. The second-order valence-corrected chi connectivity index (χ2v) is 8.44. The fraction of sp³-hybridized carbons (Fsp3) is 0.333. The second-order valence-electron chi connectivity index (χ2n) is 8.44. The lowest BCUT2D eigenvalue weighted by atomic mass is 10.00. The topological polar surface area (TPSA) is 24.9 Å². The number of hydrogen-bond acceptors (Lipinski definition) is 4. The van der Waals surface area contributed by atoms with Gasteiger partial charge < -0.3 is 14.5 Å². The molecule has 1 saturated heterocycles. The van der Waals surface area contributed by atoms with E-state index in [4.69, 9.17) is 9.57 Å². The maximum atomic E-state index is 6.67. The van der Waals surface area contributed by atoms with Gasteiger partial charge >= 0.3 is 0 Å². The van der Waals surface area contributed by atoms with E-state index in [-0.39, 0.29) is 12.2 Å². The molecule has 0 unspecified atom stereocenters. The van der Waals surface area contributed by atoms with Crippen LogP contribution in [0.15, 0.2) is 84.9 Å². The van der Waals surface area contributed by atoms with Crippen LogP contribution >= 0.6 is 0 Å². The summed E-state index contributed by atoms with van der Waals surface area (Å²) in [6.07, 6.45) is 2.42. The van der Waals surface area contributed by atoms with Crippen molar-refractivity contribution in [1.82, 2.24) is 9.96 Å². The summed E-state index contributed by atoms with van der Waals surface area (Å²) in [6, 6.07) is 29.5. The Morgan fingerprint density at radius 3 is 2.03 bits per heavy atom. The second kappa shape index (κ2) is 9.65. The van der Waals surface area contributed by atoms with E-state index in [1.165, 1.54) is 16.7 Å². The molecule has 0 amide bonds. The van der Waals surface area contributed by atoms with Crippen LogP contribution in [-0.4, -0.2) is 42.2 Å². The maximum absolute atomic E-state index is 6.67. The Morgan fingerprint density at radius 2 is 1.39 bits per heavy atom. The molecule has 0 atom stereocenters. The van der Waals surface area contributed by atoms with Crippen molar-refractivity contribution in [1.29, 1.82) is 0 Å². The molecule has 0 spiro atoms. The highest BCUT2D eigenvalue weighted by Gasteiger charge is 2.26. The van der Waals surface area contributed by atoms with E-state index in [1.54, 1.807) is 0 Å². The summed E-state index contributed by atoms with van der Waals surface area (Å²) in [4.78, 5) is 8.49. The van der Waals surface area contributed by atoms with Crippen molar-refractivity contribution in [3.05, 3.63) is 102 Å². The molecule has 0 saturated carbocycles. The molecule has 1 fully saturated rings. The molecule has 3 aromatic carbocycles. The molecule has 0 bridgehead atoms. The molecule has 0 radical (unpaired) electrons. The average molecular weight is 415 g/mol. The van der Waals surface area contributed by atoms with E-state index in [1.807, 2.05) is 12.1 Å². The van der Waals surface area contributed by atoms with Gasteiger partial charge in [0.15, 0.2) is 5.75 Å². The van der Waals surface area contributed by atoms with E-state index in [9.17, 15) is 0 Å². The molecular weight excluding hydrogens is 384 g/mol. The highest BCUT2D eigenvalue weighted by atomic mass is 16.7. The molecule has 0 N–H and O–H groups in total. The first kappa shape index (κ1) is 20.3. The van der Waals surface area contributed by atoms with Gasteiger partial charge in [-0.05, 0) is 30.0 Å². The van der Waals surface area contributed by atoms with Crippen LogP contribution in [0.25, 0.3) is 0 Å². The van der Waals surface area contributed by atoms with Crippen molar-refractivity contribution in [3.63, 3.8) is 0 Å². The van der Waals surface area contributed by atoms with Gasteiger partial charge in [0.2, 0.25) is 0 Å². The highest BCUT2D eigenvalue weighted by molar-refractivity contribution is 5.35. The number of para-hydroxylation sites is 1. The molecule has 31 heavy (non-hydrogen) atoms. The lowest BCUT2D eigenvalue weighted by Gasteiger charge is -2.34. The minimum Gasteiger partial charge on any atom is -0.405 e. The number of fused-ring (bicyclic) bond motifs is 1. The van der Waals surface area contributed by atoms with E-state index < -0.39 is 0 Å². The molecule has 4 nitrogen and oxygen atoms in total. The lowest BCUT2D eigenvalue weighted by Crippen LogP contribution is -2.41. The first-order chi connectivity index (χ1) is 15.3. The van der Waals surface area contributed by atoms with E-state index in [2.05, 4.69) is 82.8 Å². The summed E-state index contributed by atoms with van der Waals surface area (Å²) in [7, 11) is 0. The van der Waals surface area contributed by atoms with Crippen LogP contribution in [0.3, 0.4) is 0 Å². The Kier molecular flexibility index (Phi) is 6.30. The highest BCUT2D eigenvalue weighted by Crippen LogP contribution is 2.30. The molecule has 2 aliphatic heterocycles. The van der Waals surface area contributed by atoms with Crippen molar-refractivity contribution in [2.24, 2.45) is 0 Å². The smallest absolute Gasteiger partial charge is 0.152 e. The van der Waals surface area contributed by atoms with Gasteiger partial charge in [0, 0.05) is 31.7 Å². The number of piperidine rings is 1. The van der Waals surface area contributed by atoms with Gasteiger partial charge in [0.05, 0.1) is 12.6 Å². The van der Waals surface area contributed by atoms with Gasteiger partial charge in [0.1, 0.15) is 6.10 Å². The van der Waals surface area contributed by atoms with Gasteiger partial charge in [-0.15, -0.1) is 5.06 Å². The van der Waals surface area contributed by atoms with Crippen LogP contribution in [0.2, 0.25) is 0 Å². The van der Waals surface area contributed by atoms with E-state index >= 15 is 0 Å². The summed E-state index contributed by atoms with van der Waals surface area (Å²) in [5.74, 6) is 1.00. The van der Waals surface area contributed by atoms with Crippen molar-refractivity contribution < 1.29 is 9.57 Å². The van der Waals surface area contributed by atoms with Crippen molar-refractivity contribution in [2.45, 2.75) is 31.6 Å². The molecule has 2 aliphatic rings. The largest absolute Gasteiger partial charge is 0.405 e. The third-order valence-corrected chi connectivity index (χ3v) is 6.28. The Hall–Kier alpha value is -2.66. The number of nitrogens with zero attached hydrogens (tertiary/aromatic N) is 2. The fourth-order valence-corrected chi connectivity index (χ4v) is 4.53. The quantitative estimate of drug-likeness (QED) is 0.539. The van der Waals surface area contributed by atoms with Crippen molar-refractivity contribution in [3.8, 4) is 5.75 Å². The molecule has 5 rings (SSSR count). The first-order valence-electron chi connectivity index (χ1n) is 11.3. The Balaban J connectivity index is 1.13. The molecule has 0 aliphatic carbocycles. The van der Waals surface area contributed by atoms with E-state index in [0.29, 0.717) is 0 Å². The first-order valence-corrected chi connectivity index (χ1v) is 11.3. The summed E-state index contributed by atoms with van der Waals surface area (Å²) in [5.41, 5.74) is 3.73. The minimum atomic E-state index is -0.00421. The third kappa shape index (κ3) is 4.99. The Bertz CT molecular complexity index is 891. The molecule has 3 aromatic rings. The number of hydroxylamine groups is 2. The van der Waals surface area contributed by atoms with E-state index in [0.717, 1.165) is 51.3 Å². The fourth-order valence-electron chi connectivity index (χ4n) is 4.53. The number of likely N-dealkylation sites (tertiary alicyclic amines) is 1. The van der Waals surface area contributed by atoms with Gasteiger partial charge in [-0.1, -0.05) is 78.9 Å². The van der Waals surface area contributed by atoms with Crippen LogP contribution in [0.4, 0.5) is 0 Å². The normalized spacial score (nSPS) is 17.6.